The molecule has 0 unspecified atom stereocenters. The molecule has 2 aliphatic heterocycles. The summed E-state index contributed by atoms with van der Waals surface area (Å²) >= 11 is 0. The Morgan fingerprint density at radius 1 is 0.969 bits per heavy atom. The molecule has 8 heteroatoms. The minimum atomic E-state index is 0. The van der Waals surface area contributed by atoms with Gasteiger partial charge in [0, 0.05) is 51.4 Å². The topological polar surface area (TPSA) is 52.6 Å². The predicted molar refractivity (Wildman–Crippen MR) is 143 cm³/mol. The number of halogens is 1. The molecule has 2 aliphatic rings. The summed E-state index contributed by atoms with van der Waals surface area (Å²) in [6.45, 7) is 12.7. The largest absolute Gasteiger partial charge is 0.497 e. The van der Waals surface area contributed by atoms with Crippen LogP contribution in [-0.4, -0.2) is 93.8 Å². The Balaban J connectivity index is 0.00000363. The lowest BCUT2D eigenvalue weighted by atomic mass is 10.1. The Bertz CT molecular complexity index is 689. The highest BCUT2D eigenvalue weighted by molar-refractivity contribution is 14.0. The van der Waals surface area contributed by atoms with E-state index in [0.717, 1.165) is 63.3 Å². The average molecular weight is 560 g/mol. The first kappa shape index (κ1) is 27.0. The third-order valence-electron chi connectivity index (χ3n) is 6.23. The van der Waals surface area contributed by atoms with Crippen molar-refractivity contribution in [2.24, 2.45) is 4.99 Å². The van der Waals surface area contributed by atoms with Crippen molar-refractivity contribution in [3.8, 4) is 11.5 Å². The Labute approximate surface area is 211 Å². The molecule has 0 spiro atoms. The van der Waals surface area contributed by atoms with Crippen LogP contribution < -0.4 is 14.8 Å². The predicted octanol–water partition coefficient (Wildman–Crippen LogP) is 3.28. The average Bonchev–Trinajstić information content (AvgIpc) is 3.32. The molecular weight excluding hydrogens is 517 g/mol. The molecule has 7 nitrogen and oxygen atoms in total. The fraction of sp³-hybridized carbons (Fsp3) is 0.708. The van der Waals surface area contributed by atoms with E-state index in [4.69, 9.17) is 14.5 Å². The quantitative estimate of drug-likeness (QED) is 0.206. The van der Waals surface area contributed by atoms with E-state index in [1.807, 2.05) is 12.1 Å². The van der Waals surface area contributed by atoms with E-state index in [1.54, 1.807) is 14.2 Å². The van der Waals surface area contributed by atoms with Gasteiger partial charge >= 0.3 is 0 Å². The number of methoxy groups -OCH3 is 2. The fourth-order valence-electron chi connectivity index (χ4n) is 4.43. The van der Waals surface area contributed by atoms with Crippen molar-refractivity contribution in [2.75, 3.05) is 73.1 Å². The van der Waals surface area contributed by atoms with Gasteiger partial charge in [-0.1, -0.05) is 0 Å². The summed E-state index contributed by atoms with van der Waals surface area (Å²) in [5.74, 6) is 2.87. The number of benzene rings is 1. The lowest BCUT2D eigenvalue weighted by Gasteiger charge is -2.36. The van der Waals surface area contributed by atoms with Crippen molar-refractivity contribution >= 4 is 29.9 Å². The van der Waals surface area contributed by atoms with E-state index in [-0.39, 0.29) is 24.0 Å². The molecule has 3 rings (SSSR count). The van der Waals surface area contributed by atoms with Gasteiger partial charge in [0.05, 0.1) is 14.2 Å². The summed E-state index contributed by atoms with van der Waals surface area (Å²) in [6, 6.07) is 6.02. The van der Waals surface area contributed by atoms with Crippen LogP contribution in [-0.2, 0) is 6.54 Å². The maximum Gasteiger partial charge on any atom is 0.194 e. The highest BCUT2D eigenvalue weighted by Crippen LogP contribution is 2.25. The summed E-state index contributed by atoms with van der Waals surface area (Å²) in [6.07, 6.45) is 5.17. The molecule has 0 aromatic heterocycles. The molecule has 182 valence electrons. The van der Waals surface area contributed by atoms with Crippen LogP contribution in [0.2, 0.25) is 0 Å². The minimum absolute atomic E-state index is 0. The minimum Gasteiger partial charge on any atom is -0.497 e. The van der Waals surface area contributed by atoms with E-state index < -0.39 is 0 Å². The van der Waals surface area contributed by atoms with Crippen molar-refractivity contribution in [1.82, 2.24) is 20.0 Å². The van der Waals surface area contributed by atoms with Crippen LogP contribution in [0.1, 0.15) is 38.2 Å². The number of rotatable bonds is 10. The van der Waals surface area contributed by atoms with Crippen LogP contribution in [0.5, 0.6) is 11.5 Å². The van der Waals surface area contributed by atoms with E-state index in [1.165, 1.54) is 50.9 Å². The molecule has 0 saturated carbocycles. The molecule has 0 atom stereocenters. The monoisotopic (exact) mass is 559 g/mol. The van der Waals surface area contributed by atoms with Gasteiger partial charge in [0.2, 0.25) is 0 Å². The number of likely N-dealkylation sites (tertiary alicyclic amines) is 1. The fourth-order valence-corrected chi connectivity index (χ4v) is 4.43. The summed E-state index contributed by atoms with van der Waals surface area (Å²) in [5.41, 5.74) is 1.17. The van der Waals surface area contributed by atoms with Gasteiger partial charge in [-0.05, 0) is 70.4 Å². The highest BCUT2D eigenvalue weighted by atomic mass is 127. The van der Waals surface area contributed by atoms with Gasteiger partial charge in [0.1, 0.15) is 11.5 Å². The highest BCUT2D eigenvalue weighted by Gasteiger charge is 2.21. The number of aliphatic imine (C=N–C) groups is 1. The molecule has 0 aliphatic carbocycles. The first-order valence-electron chi connectivity index (χ1n) is 11.9. The van der Waals surface area contributed by atoms with Gasteiger partial charge in [-0.15, -0.1) is 24.0 Å². The first-order valence-corrected chi connectivity index (χ1v) is 11.9. The number of hydrogen-bond donors (Lipinski definition) is 1. The summed E-state index contributed by atoms with van der Waals surface area (Å²) in [4.78, 5) is 12.4. The molecule has 0 amide bonds. The number of nitrogens with one attached hydrogen (secondary N) is 1. The standard InChI is InChI=1S/C24H41N5O2.HI/c1-4-25-24(26-11-5-6-12-27-13-7-8-14-27)29-17-15-28(16-18-29)20-21-19-22(30-2)9-10-23(21)31-3;/h9-10,19H,4-8,11-18,20H2,1-3H3,(H,25,26);1H. The Morgan fingerprint density at radius 3 is 2.38 bits per heavy atom. The van der Waals surface area contributed by atoms with Crippen molar-refractivity contribution in [3.05, 3.63) is 23.8 Å². The number of ether oxygens (including phenoxy) is 2. The third-order valence-corrected chi connectivity index (χ3v) is 6.23. The Morgan fingerprint density at radius 2 is 1.72 bits per heavy atom. The van der Waals surface area contributed by atoms with Crippen LogP contribution in [0.15, 0.2) is 23.2 Å². The maximum absolute atomic E-state index is 5.55. The van der Waals surface area contributed by atoms with Crippen LogP contribution in [0.25, 0.3) is 0 Å². The van der Waals surface area contributed by atoms with Gasteiger partial charge in [-0.25, -0.2) is 0 Å². The second kappa shape index (κ2) is 14.8. The zero-order valence-corrected chi connectivity index (χ0v) is 22.5. The number of unbranched alkanes of at least 4 members (excludes halogenated alkanes) is 1. The first-order chi connectivity index (χ1) is 15.2. The second-order valence-corrected chi connectivity index (χ2v) is 8.43. The molecule has 0 radical (unpaired) electrons. The van der Waals surface area contributed by atoms with Crippen molar-refractivity contribution < 1.29 is 9.47 Å². The molecule has 32 heavy (non-hydrogen) atoms. The Kier molecular flexibility index (Phi) is 12.5. The summed E-state index contributed by atoms with van der Waals surface area (Å²) in [5, 5.41) is 3.49. The normalized spacial score (nSPS) is 17.8. The van der Waals surface area contributed by atoms with Gasteiger partial charge in [0.25, 0.3) is 0 Å². The van der Waals surface area contributed by atoms with Gasteiger partial charge in [0.15, 0.2) is 5.96 Å². The van der Waals surface area contributed by atoms with Crippen LogP contribution in [0.4, 0.5) is 0 Å². The van der Waals surface area contributed by atoms with E-state index in [2.05, 4.69) is 33.0 Å². The van der Waals surface area contributed by atoms with Gasteiger partial charge in [-0.3, -0.25) is 9.89 Å². The number of hydrogen-bond acceptors (Lipinski definition) is 5. The number of nitrogens with zero attached hydrogens (tertiary/aromatic N) is 4. The lowest BCUT2D eigenvalue weighted by molar-refractivity contribution is 0.171. The van der Waals surface area contributed by atoms with Crippen molar-refractivity contribution in [1.29, 1.82) is 0 Å². The molecule has 1 aromatic carbocycles. The van der Waals surface area contributed by atoms with E-state index in [0.29, 0.717) is 0 Å². The number of piperazine rings is 1. The number of guanidine groups is 1. The van der Waals surface area contributed by atoms with Gasteiger partial charge < -0.3 is 24.6 Å². The summed E-state index contributed by atoms with van der Waals surface area (Å²) in [7, 11) is 3.44. The van der Waals surface area contributed by atoms with Crippen LogP contribution >= 0.6 is 24.0 Å². The smallest absolute Gasteiger partial charge is 0.194 e. The van der Waals surface area contributed by atoms with Crippen molar-refractivity contribution in [2.45, 2.75) is 39.2 Å². The SMILES string of the molecule is CCNC(=NCCCCN1CCCC1)N1CCN(Cc2cc(OC)ccc2OC)CC1.I. The van der Waals surface area contributed by atoms with Crippen LogP contribution in [0.3, 0.4) is 0 Å². The maximum atomic E-state index is 5.55. The van der Waals surface area contributed by atoms with Gasteiger partial charge in [-0.2, -0.15) is 0 Å². The molecule has 2 saturated heterocycles. The molecule has 1 N–H and O–H groups in total. The molecular formula is C24H42IN5O2. The lowest BCUT2D eigenvalue weighted by Crippen LogP contribution is -2.52. The van der Waals surface area contributed by atoms with Crippen LogP contribution in [0, 0.1) is 0 Å². The second-order valence-electron chi connectivity index (χ2n) is 8.43. The van der Waals surface area contributed by atoms with E-state index in [9.17, 15) is 0 Å². The molecule has 2 heterocycles. The zero-order chi connectivity index (χ0) is 21.9. The molecule has 0 bridgehead atoms. The zero-order valence-electron chi connectivity index (χ0n) is 20.1. The van der Waals surface area contributed by atoms with E-state index >= 15 is 0 Å². The molecule has 2 fully saturated rings. The van der Waals surface area contributed by atoms with Crippen molar-refractivity contribution in [3.63, 3.8) is 0 Å². The molecule has 1 aromatic rings. The third kappa shape index (κ3) is 8.26. The Hall–Kier alpha value is -1.26. The summed E-state index contributed by atoms with van der Waals surface area (Å²) < 4.78 is 10.9.